The monoisotopic (exact) mass is 363 g/mol. The van der Waals surface area contributed by atoms with Crippen LogP contribution in [0.1, 0.15) is 96.8 Å². The largest absolute Gasteiger partial charge is 0.465 e. The first kappa shape index (κ1) is 26.0. The lowest BCUT2D eigenvalue weighted by atomic mass is 10.0. The summed E-state index contributed by atoms with van der Waals surface area (Å²) < 4.78 is 5.18. The van der Waals surface area contributed by atoms with Crippen molar-refractivity contribution < 1.29 is 9.53 Å². The molecular weight excluding hydrogens is 322 g/mol. The van der Waals surface area contributed by atoms with Crippen molar-refractivity contribution in [3.63, 3.8) is 0 Å². The lowest BCUT2D eigenvalue weighted by molar-refractivity contribution is -0.144. The van der Waals surface area contributed by atoms with Gasteiger partial charge < -0.3 is 4.74 Å². The zero-order valence-corrected chi connectivity index (χ0v) is 17.3. The summed E-state index contributed by atoms with van der Waals surface area (Å²) in [5.74, 6) is -0.107. The average Bonchev–Trinajstić information content (AvgIpc) is 2.50. The molecule has 3 nitrogen and oxygen atoms in total. The van der Waals surface area contributed by atoms with E-state index in [4.69, 9.17) is 4.74 Å². The van der Waals surface area contributed by atoms with Gasteiger partial charge in [-0.05, 0) is 20.5 Å². The van der Waals surface area contributed by atoms with Crippen molar-refractivity contribution in [2.75, 3.05) is 27.2 Å². The maximum Gasteiger partial charge on any atom is 0.320 e. The first-order chi connectivity index (χ1) is 11.2. The number of ether oxygens (including phenoxy) is 1. The van der Waals surface area contributed by atoms with Gasteiger partial charge >= 0.3 is 5.97 Å². The van der Waals surface area contributed by atoms with Crippen molar-refractivity contribution in [2.45, 2.75) is 96.8 Å². The highest BCUT2D eigenvalue weighted by Crippen LogP contribution is 2.12. The van der Waals surface area contributed by atoms with Gasteiger partial charge in [0, 0.05) is 0 Å². The lowest BCUT2D eigenvalue weighted by Gasteiger charge is -2.09. The van der Waals surface area contributed by atoms with Crippen LogP contribution in [-0.2, 0) is 9.53 Å². The molecule has 24 heavy (non-hydrogen) atoms. The Bertz CT molecular complexity index is 260. The Morgan fingerprint density at radius 1 is 0.708 bits per heavy atom. The summed E-state index contributed by atoms with van der Waals surface area (Å²) in [6.45, 7) is 3.25. The molecule has 0 heterocycles. The second-order valence-electron chi connectivity index (χ2n) is 7.05. The van der Waals surface area contributed by atoms with Gasteiger partial charge in [-0.15, -0.1) is 12.4 Å². The molecule has 0 amide bonds. The molecule has 0 aromatic heterocycles. The number of carbonyl (C=O) groups excluding carboxylic acids is 1. The molecular formula is C20H42ClNO2. The smallest absolute Gasteiger partial charge is 0.320 e. The number of esters is 1. The van der Waals surface area contributed by atoms with E-state index in [0.717, 1.165) is 6.42 Å². The molecule has 0 radical (unpaired) electrons. The summed E-state index contributed by atoms with van der Waals surface area (Å²) in [6, 6.07) is 0. The Morgan fingerprint density at radius 2 is 1.08 bits per heavy atom. The van der Waals surface area contributed by atoms with Gasteiger partial charge in [0.25, 0.3) is 0 Å². The molecule has 0 aliphatic carbocycles. The standard InChI is InChI=1S/C20H41NO2.ClH/c1-4-5-6-7-8-9-10-11-12-13-14-15-16-17-18-23-20(22)19-21(2)3;/h4-19H2,1-3H3;1H. The molecule has 0 aromatic carbocycles. The van der Waals surface area contributed by atoms with E-state index < -0.39 is 0 Å². The Morgan fingerprint density at radius 3 is 1.46 bits per heavy atom. The Balaban J connectivity index is 0. The minimum atomic E-state index is -0.107. The van der Waals surface area contributed by atoms with Gasteiger partial charge in [0.1, 0.15) is 0 Å². The highest BCUT2D eigenvalue weighted by Gasteiger charge is 2.03. The van der Waals surface area contributed by atoms with E-state index >= 15 is 0 Å². The number of hydrogen-bond acceptors (Lipinski definition) is 3. The lowest BCUT2D eigenvalue weighted by Crippen LogP contribution is -2.23. The second kappa shape index (κ2) is 20.8. The normalized spacial score (nSPS) is 10.7. The van der Waals surface area contributed by atoms with Crippen molar-refractivity contribution in [1.29, 1.82) is 0 Å². The second-order valence-corrected chi connectivity index (χ2v) is 7.05. The van der Waals surface area contributed by atoms with E-state index in [-0.39, 0.29) is 18.4 Å². The molecule has 0 saturated carbocycles. The maximum atomic E-state index is 11.3. The number of likely N-dealkylation sites (N-methyl/N-ethyl adjacent to an activating group) is 1. The average molecular weight is 364 g/mol. The van der Waals surface area contributed by atoms with Crippen LogP contribution in [0.2, 0.25) is 0 Å². The first-order valence-electron chi connectivity index (χ1n) is 9.97. The van der Waals surface area contributed by atoms with E-state index in [1.54, 1.807) is 0 Å². The number of unbranched alkanes of at least 4 members (excludes halogenated alkanes) is 13. The van der Waals surface area contributed by atoms with Gasteiger partial charge in [0.15, 0.2) is 0 Å². The van der Waals surface area contributed by atoms with E-state index in [2.05, 4.69) is 6.92 Å². The third-order valence-electron chi connectivity index (χ3n) is 4.21. The van der Waals surface area contributed by atoms with Gasteiger partial charge in [-0.1, -0.05) is 90.4 Å². The predicted octanol–water partition coefficient (Wildman–Crippen LogP) is 5.99. The van der Waals surface area contributed by atoms with Gasteiger partial charge in [0.05, 0.1) is 13.2 Å². The molecule has 0 bridgehead atoms. The van der Waals surface area contributed by atoms with Crippen LogP contribution in [0.4, 0.5) is 0 Å². The molecule has 0 fully saturated rings. The molecule has 0 N–H and O–H groups in total. The zero-order valence-electron chi connectivity index (χ0n) is 16.5. The maximum absolute atomic E-state index is 11.3. The Kier molecular flexibility index (Phi) is 22.5. The molecule has 0 saturated heterocycles. The highest BCUT2D eigenvalue weighted by atomic mass is 35.5. The third-order valence-corrected chi connectivity index (χ3v) is 4.21. The Hall–Kier alpha value is -0.280. The minimum absolute atomic E-state index is 0. The summed E-state index contributed by atoms with van der Waals surface area (Å²) >= 11 is 0. The fourth-order valence-corrected chi connectivity index (χ4v) is 2.79. The van der Waals surface area contributed by atoms with Crippen LogP contribution in [0.5, 0.6) is 0 Å². The van der Waals surface area contributed by atoms with Gasteiger partial charge in [-0.3, -0.25) is 9.69 Å². The molecule has 4 heteroatoms. The first-order valence-corrected chi connectivity index (χ1v) is 9.97. The van der Waals surface area contributed by atoms with E-state index in [1.165, 1.54) is 83.5 Å². The summed E-state index contributed by atoms with van der Waals surface area (Å²) in [6.07, 6.45) is 18.9. The van der Waals surface area contributed by atoms with Crippen LogP contribution >= 0.6 is 12.4 Å². The van der Waals surface area contributed by atoms with Crippen molar-refractivity contribution in [3.05, 3.63) is 0 Å². The quantitative estimate of drug-likeness (QED) is 0.234. The fraction of sp³-hybridized carbons (Fsp3) is 0.950. The third kappa shape index (κ3) is 21.7. The molecule has 146 valence electrons. The van der Waals surface area contributed by atoms with Gasteiger partial charge in [-0.25, -0.2) is 0 Å². The number of hydrogen-bond donors (Lipinski definition) is 0. The summed E-state index contributed by atoms with van der Waals surface area (Å²) in [4.78, 5) is 13.2. The summed E-state index contributed by atoms with van der Waals surface area (Å²) in [7, 11) is 3.77. The van der Waals surface area contributed by atoms with Crippen molar-refractivity contribution in [2.24, 2.45) is 0 Å². The number of carbonyl (C=O) groups is 1. The minimum Gasteiger partial charge on any atom is -0.465 e. The fourth-order valence-electron chi connectivity index (χ4n) is 2.79. The van der Waals surface area contributed by atoms with Crippen LogP contribution < -0.4 is 0 Å². The Labute approximate surface area is 157 Å². The van der Waals surface area contributed by atoms with Crippen LogP contribution in [0, 0.1) is 0 Å². The zero-order chi connectivity index (χ0) is 17.2. The molecule has 0 aromatic rings. The molecule has 0 spiro atoms. The number of nitrogens with zero attached hydrogens (tertiary/aromatic N) is 1. The topological polar surface area (TPSA) is 29.5 Å². The van der Waals surface area contributed by atoms with E-state index in [9.17, 15) is 4.79 Å². The molecule has 0 aliphatic heterocycles. The van der Waals surface area contributed by atoms with Crippen LogP contribution in [-0.4, -0.2) is 38.1 Å². The molecule has 0 unspecified atom stereocenters. The molecule has 0 rings (SSSR count). The van der Waals surface area contributed by atoms with Crippen LogP contribution in [0.15, 0.2) is 0 Å². The SMILES string of the molecule is CCCCCCCCCCCCCCCCOC(=O)CN(C)C.Cl. The number of halogens is 1. The van der Waals surface area contributed by atoms with Crippen molar-refractivity contribution in [1.82, 2.24) is 4.90 Å². The van der Waals surface area contributed by atoms with Crippen LogP contribution in [0.25, 0.3) is 0 Å². The summed E-state index contributed by atoms with van der Waals surface area (Å²) in [5.41, 5.74) is 0. The molecule has 0 atom stereocenters. The number of rotatable bonds is 17. The van der Waals surface area contributed by atoms with E-state index in [0.29, 0.717) is 13.2 Å². The van der Waals surface area contributed by atoms with Gasteiger partial charge in [-0.2, -0.15) is 0 Å². The molecule has 0 aliphatic rings. The highest BCUT2D eigenvalue weighted by molar-refractivity contribution is 5.85. The van der Waals surface area contributed by atoms with Crippen molar-refractivity contribution in [3.8, 4) is 0 Å². The van der Waals surface area contributed by atoms with Gasteiger partial charge in [0.2, 0.25) is 0 Å². The summed E-state index contributed by atoms with van der Waals surface area (Å²) in [5, 5.41) is 0. The predicted molar refractivity (Wildman–Crippen MR) is 107 cm³/mol. The van der Waals surface area contributed by atoms with E-state index in [1.807, 2.05) is 19.0 Å². The van der Waals surface area contributed by atoms with Crippen LogP contribution in [0.3, 0.4) is 0 Å². The van der Waals surface area contributed by atoms with Crippen molar-refractivity contribution >= 4 is 18.4 Å².